The molecule has 1 saturated heterocycles. The number of hydrogen-bond donors (Lipinski definition) is 2. The SMILES string of the molecule is COc1ccc(-c2ccc(CCC3OC(O)C(O)C3CCN3C(=O)c4ccccc4C3=O)cc2)cn1. The molecular formula is C28H28N2O6. The fourth-order valence-corrected chi connectivity index (χ4v) is 5.00. The van der Waals surface area contributed by atoms with Gasteiger partial charge < -0.3 is 19.7 Å². The zero-order valence-electron chi connectivity index (χ0n) is 19.9. The topological polar surface area (TPSA) is 109 Å². The standard InChI is InChI=1S/C28H28N2O6/c1-35-24-13-11-19(16-29-24)18-9-6-17(7-10-18)8-12-23-22(25(31)28(34)36-23)14-15-30-26(32)20-4-2-3-5-21(20)27(30)33/h2-7,9-11,13,16,22-23,25,28,31,34H,8,12,14-15H2,1H3. The van der Waals surface area contributed by atoms with Gasteiger partial charge in [0.1, 0.15) is 6.10 Å². The van der Waals surface area contributed by atoms with Gasteiger partial charge in [-0.1, -0.05) is 36.4 Å². The smallest absolute Gasteiger partial charge is 0.261 e. The van der Waals surface area contributed by atoms with Crippen molar-refractivity contribution in [1.29, 1.82) is 0 Å². The van der Waals surface area contributed by atoms with Crippen LogP contribution in [0.15, 0.2) is 66.9 Å². The molecule has 2 aliphatic heterocycles. The van der Waals surface area contributed by atoms with Gasteiger partial charge in [-0.3, -0.25) is 14.5 Å². The third-order valence-corrected chi connectivity index (χ3v) is 7.04. The largest absolute Gasteiger partial charge is 0.481 e. The first-order valence-electron chi connectivity index (χ1n) is 12.0. The van der Waals surface area contributed by atoms with Crippen LogP contribution in [0, 0.1) is 5.92 Å². The van der Waals surface area contributed by atoms with Gasteiger partial charge in [0.15, 0.2) is 6.29 Å². The lowest BCUT2D eigenvalue weighted by Gasteiger charge is -2.22. The second kappa shape index (κ2) is 10.2. The van der Waals surface area contributed by atoms with Gasteiger partial charge in [0.2, 0.25) is 5.88 Å². The van der Waals surface area contributed by atoms with Gasteiger partial charge in [-0.05, 0) is 48.6 Å². The van der Waals surface area contributed by atoms with E-state index in [2.05, 4.69) is 4.98 Å². The van der Waals surface area contributed by atoms with E-state index in [-0.39, 0.29) is 18.4 Å². The molecular weight excluding hydrogens is 460 g/mol. The van der Waals surface area contributed by atoms with E-state index in [1.165, 1.54) is 4.90 Å². The lowest BCUT2D eigenvalue weighted by atomic mass is 9.90. The number of pyridine rings is 1. The summed E-state index contributed by atoms with van der Waals surface area (Å²) in [6, 6.07) is 18.6. The van der Waals surface area contributed by atoms with Crippen LogP contribution in [0.25, 0.3) is 11.1 Å². The van der Waals surface area contributed by atoms with E-state index in [9.17, 15) is 19.8 Å². The molecule has 0 bridgehead atoms. The van der Waals surface area contributed by atoms with Gasteiger partial charge >= 0.3 is 0 Å². The van der Waals surface area contributed by atoms with Crippen LogP contribution in [0.3, 0.4) is 0 Å². The number of carbonyl (C=O) groups excluding carboxylic acids is 2. The van der Waals surface area contributed by atoms with E-state index in [4.69, 9.17) is 9.47 Å². The van der Waals surface area contributed by atoms with Gasteiger partial charge in [-0.25, -0.2) is 4.98 Å². The molecule has 0 saturated carbocycles. The normalized spacial score (nSPS) is 23.2. The molecule has 4 atom stereocenters. The van der Waals surface area contributed by atoms with E-state index >= 15 is 0 Å². The number of aliphatic hydroxyl groups excluding tert-OH is 2. The Morgan fingerprint density at radius 1 is 0.917 bits per heavy atom. The molecule has 0 spiro atoms. The third-order valence-electron chi connectivity index (χ3n) is 7.04. The van der Waals surface area contributed by atoms with Crippen molar-refractivity contribution in [2.45, 2.75) is 37.8 Å². The van der Waals surface area contributed by atoms with Crippen LogP contribution in [0.4, 0.5) is 0 Å². The monoisotopic (exact) mass is 488 g/mol. The zero-order chi connectivity index (χ0) is 25.2. The zero-order valence-corrected chi connectivity index (χ0v) is 19.9. The molecule has 8 heteroatoms. The Morgan fingerprint density at radius 2 is 1.58 bits per heavy atom. The molecule has 2 N–H and O–H groups in total. The van der Waals surface area contributed by atoms with Crippen LogP contribution in [0.5, 0.6) is 5.88 Å². The minimum atomic E-state index is -1.29. The number of carbonyl (C=O) groups is 2. The molecule has 1 fully saturated rings. The Hall–Kier alpha value is -3.59. The first-order valence-corrected chi connectivity index (χ1v) is 12.0. The van der Waals surface area contributed by atoms with Crippen molar-refractivity contribution in [1.82, 2.24) is 9.88 Å². The minimum absolute atomic E-state index is 0.158. The molecule has 2 aliphatic rings. The fraction of sp³-hybridized carbons (Fsp3) is 0.321. The van der Waals surface area contributed by atoms with E-state index in [0.717, 1.165) is 16.7 Å². The molecule has 0 radical (unpaired) electrons. The van der Waals surface area contributed by atoms with Crippen LogP contribution in [-0.2, 0) is 11.2 Å². The van der Waals surface area contributed by atoms with Gasteiger partial charge in [-0.15, -0.1) is 0 Å². The molecule has 5 rings (SSSR count). The molecule has 0 aliphatic carbocycles. The van der Waals surface area contributed by atoms with E-state index in [0.29, 0.717) is 36.3 Å². The van der Waals surface area contributed by atoms with Gasteiger partial charge in [0, 0.05) is 30.3 Å². The Morgan fingerprint density at radius 3 is 2.19 bits per heavy atom. The summed E-state index contributed by atoms with van der Waals surface area (Å²) < 4.78 is 10.8. The Bertz CT molecular complexity index is 1210. The lowest BCUT2D eigenvalue weighted by molar-refractivity contribution is -0.127. The Balaban J connectivity index is 1.20. The van der Waals surface area contributed by atoms with Crippen LogP contribution >= 0.6 is 0 Å². The van der Waals surface area contributed by atoms with E-state index in [1.807, 2.05) is 36.4 Å². The molecule has 3 heterocycles. The third kappa shape index (κ3) is 4.63. The highest BCUT2D eigenvalue weighted by Crippen LogP contribution is 2.33. The highest BCUT2D eigenvalue weighted by Gasteiger charge is 2.43. The van der Waals surface area contributed by atoms with Gasteiger partial charge in [-0.2, -0.15) is 0 Å². The van der Waals surface area contributed by atoms with Crippen LogP contribution in [0.2, 0.25) is 0 Å². The van der Waals surface area contributed by atoms with Crippen molar-refractivity contribution in [3.05, 3.63) is 83.6 Å². The molecule has 8 nitrogen and oxygen atoms in total. The molecule has 2 amide bonds. The summed E-state index contributed by atoms with van der Waals surface area (Å²) in [6.45, 7) is 0.158. The van der Waals surface area contributed by atoms with E-state index < -0.39 is 24.4 Å². The average molecular weight is 489 g/mol. The fourth-order valence-electron chi connectivity index (χ4n) is 5.00. The van der Waals surface area contributed by atoms with Crippen molar-refractivity contribution in [3.8, 4) is 17.0 Å². The summed E-state index contributed by atoms with van der Waals surface area (Å²) in [5.41, 5.74) is 3.92. The second-order valence-electron chi connectivity index (χ2n) is 9.14. The average Bonchev–Trinajstić information content (AvgIpc) is 3.33. The number of amides is 2. The number of ether oxygens (including phenoxy) is 2. The van der Waals surface area contributed by atoms with Crippen LogP contribution in [-0.4, -0.2) is 64.1 Å². The lowest BCUT2D eigenvalue weighted by Crippen LogP contribution is -2.35. The van der Waals surface area contributed by atoms with Crippen molar-refractivity contribution >= 4 is 11.8 Å². The maximum atomic E-state index is 12.7. The highest BCUT2D eigenvalue weighted by molar-refractivity contribution is 6.21. The Kier molecular flexibility index (Phi) is 6.82. The first-order chi connectivity index (χ1) is 17.5. The second-order valence-corrected chi connectivity index (χ2v) is 9.14. The minimum Gasteiger partial charge on any atom is -0.481 e. The van der Waals surface area contributed by atoms with Crippen LogP contribution < -0.4 is 4.74 Å². The number of imide groups is 1. The molecule has 3 aromatic rings. The number of aryl methyl sites for hydroxylation is 1. The van der Waals surface area contributed by atoms with Gasteiger partial charge in [0.05, 0.1) is 24.3 Å². The number of hydrogen-bond acceptors (Lipinski definition) is 7. The molecule has 4 unspecified atom stereocenters. The Labute approximate surface area is 209 Å². The van der Waals surface area contributed by atoms with Crippen molar-refractivity contribution in [2.24, 2.45) is 5.92 Å². The first kappa shape index (κ1) is 24.1. The van der Waals surface area contributed by atoms with Gasteiger partial charge in [0.25, 0.3) is 11.8 Å². The number of aromatic nitrogens is 1. The summed E-state index contributed by atoms with van der Waals surface area (Å²) >= 11 is 0. The number of nitrogens with zero attached hydrogens (tertiary/aromatic N) is 2. The highest BCUT2D eigenvalue weighted by atomic mass is 16.6. The van der Waals surface area contributed by atoms with Crippen molar-refractivity contribution in [3.63, 3.8) is 0 Å². The summed E-state index contributed by atoms with van der Waals surface area (Å²) in [4.78, 5) is 30.8. The summed E-state index contributed by atoms with van der Waals surface area (Å²) in [6.07, 6.45) is 0.636. The number of methoxy groups -OCH3 is 1. The number of aliphatic hydroxyl groups is 2. The molecule has 36 heavy (non-hydrogen) atoms. The summed E-state index contributed by atoms with van der Waals surface area (Å²) in [5.74, 6) is -0.482. The maximum absolute atomic E-state index is 12.7. The van der Waals surface area contributed by atoms with Crippen molar-refractivity contribution < 1.29 is 29.3 Å². The molecule has 1 aromatic heterocycles. The maximum Gasteiger partial charge on any atom is 0.261 e. The van der Waals surface area contributed by atoms with Crippen molar-refractivity contribution in [2.75, 3.05) is 13.7 Å². The quantitative estimate of drug-likeness (QED) is 0.469. The summed E-state index contributed by atoms with van der Waals surface area (Å²) in [5, 5.41) is 20.7. The molecule has 2 aromatic carbocycles. The number of rotatable bonds is 8. The number of fused-ring (bicyclic) bond motifs is 1. The van der Waals surface area contributed by atoms with Crippen LogP contribution in [0.1, 0.15) is 39.1 Å². The predicted molar refractivity (Wildman–Crippen MR) is 131 cm³/mol. The van der Waals surface area contributed by atoms with E-state index in [1.54, 1.807) is 37.6 Å². The molecule has 186 valence electrons. The number of benzene rings is 2. The summed E-state index contributed by atoms with van der Waals surface area (Å²) in [7, 11) is 1.58. The predicted octanol–water partition coefficient (Wildman–Crippen LogP) is 3.07.